The van der Waals surface area contributed by atoms with Gasteiger partial charge in [0.1, 0.15) is 5.65 Å². The highest BCUT2D eigenvalue weighted by molar-refractivity contribution is 6.30. The lowest BCUT2D eigenvalue weighted by molar-refractivity contribution is 0.280. The normalized spacial score (nSPS) is 18.5. The molecule has 1 atom stereocenters. The molecule has 0 amide bonds. The molecule has 0 aliphatic heterocycles. The molecule has 4 heteroatoms. The van der Waals surface area contributed by atoms with Gasteiger partial charge in [0.05, 0.1) is 10.7 Å². The van der Waals surface area contributed by atoms with Crippen LogP contribution in [0.5, 0.6) is 0 Å². The van der Waals surface area contributed by atoms with E-state index in [1.165, 1.54) is 32.1 Å². The minimum absolute atomic E-state index is 0.573. The molecule has 1 saturated carbocycles. The molecule has 2 aromatic rings. The monoisotopic (exact) mass is 291 g/mol. The zero-order chi connectivity index (χ0) is 13.9. The average Bonchev–Trinajstić information content (AvgIpc) is 2.87. The molecule has 108 valence electrons. The molecule has 1 aliphatic carbocycles. The summed E-state index contributed by atoms with van der Waals surface area (Å²) in [5.74, 6) is 0.829. The van der Waals surface area contributed by atoms with Crippen LogP contribution in [0.25, 0.3) is 5.65 Å². The van der Waals surface area contributed by atoms with Gasteiger partial charge >= 0.3 is 0 Å². The lowest BCUT2D eigenvalue weighted by Crippen LogP contribution is -2.34. The fourth-order valence-corrected chi connectivity index (χ4v) is 3.34. The fourth-order valence-electron chi connectivity index (χ4n) is 3.17. The zero-order valence-corrected chi connectivity index (χ0v) is 12.7. The molecule has 0 radical (unpaired) electrons. The number of pyridine rings is 1. The van der Waals surface area contributed by atoms with Gasteiger partial charge in [0, 0.05) is 25.0 Å². The molecule has 0 spiro atoms. The van der Waals surface area contributed by atoms with E-state index in [2.05, 4.69) is 23.4 Å². The van der Waals surface area contributed by atoms with Crippen molar-refractivity contribution in [1.82, 2.24) is 14.7 Å². The Morgan fingerprint density at radius 1 is 1.30 bits per heavy atom. The molecule has 2 heterocycles. The maximum atomic E-state index is 5.99. The van der Waals surface area contributed by atoms with E-state index in [0.29, 0.717) is 6.04 Å². The number of aromatic nitrogens is 2. The highest BCUT2D eigenvalue weighted by Crippen LogP contribution is 2.26. The Morgan fingerprint density at radius 3 is 2.90 bits per heavy atom. The summed E-state index contributed by atoms with van der Waals surface area (Å²) in [7, 11) is 0. The lowest BCUT2D eigenvalue weighted by Gasteiger charge is -2.28. The van der Waals surface area contributed by atoms with Gasteiger partial charge in [-0.2, -0.15) is 0 Å². The summed E-state index contributed by atoms with van der Waals surface area (Å²) in [6.45, 7) is 3.14. The topological polar surface area (TPSA) is 29.3 Å². The third-order valence-corrected chi connectivity index (χ3v) is 4.65. The van der Waals surface area contributed by atoms with E-state index in [1.54, 1.807) is 0 Å². The summed E-state index contributed by atoms with van der Waals surface area (Å²) in [6.07, 6.45) is 10.9. The third-order valence-electron chi connectivity index (χ3n) is 4.43. The number of hydrogen-bond donors (Lipinski definition) is 1. The van der Waals surface area contributed by atoms with Crippen LogP contribution in [0.15, 0.2) is 24.5 Å². The summed E-state index contributed by atoms with van der Waals surface area (Å²) in [5.41, 5.74) is 2.03. The smallest absolute Gasteiger partial charge is 0.137 e. The van der Waals surface area contributed by atoms with Crippen molar-refractivity contribution in [3.63, 3.8) is 0 Å². The Morgan fingerprint density at radius 2 is 2.10 bits per heavy atom. The van der Waals surface area contributed by atoms with Crippen LogP contribution in [0.1, 0.15) is 44.7 Å². The molecule has 0 bridgehead atoms. The van der Waals surface area contributed by atoms with Crippen LogP contribution in [0.3, 0.4) is 0 Å². The number of nitrogens with zero attached hydrogens (tertiary/aromatic N) is 2. The molecule has 3 rings (SSSR count). The molecular formula is C16H22ClN3. The Labute approximate surface area is 125 Å². The van der Waals surface area contributed by atoms with E-state index in [4.69, 9.17) is 11.6 Å². The van der Waals surface area contributed by atoms with Crippen LogP contribution < -0.4 is 5.32 Å². The van der Waals surface area contributed by atoms with Gasteiger partial charge in [0.2, 0.25) is 0 Å². The van der Waals surface area contributed by atoms with Crippen molar-refractivity contribution < 1.29 is 0 Å². The van der Waals surface area contributed by atoms with Crippen LogP contribution in [0.2, 0.25) is 5.02 Å². The van der Waals surface area contributed by atoms with Gasteiger partial charge in [0.15, 0.2) is 0 Å². The predicted molar refractivity (Wildman–Crippen MR) is 83.1 cm³/mol. The van der Waals surface area contributed by atoms with Gasteiger partial charge in [-0.05, 0) is 37.8 Å². The standard InChI is InChI=1S/C16H22ClN3/c1-12(13-5-3-2-4-6-13)18-9-15-11-20-10-14(17)7-8-16(20)19-15/h7-8,10-13,18H,2-6,9H2,1H3. The second-order valence-corrected chi connectivity index (χ2v) is 6.35. The number of nitrogens with one attached hydrogen (secondary N) is 1. The Balaban J connectivity index is 1.61. The molecule has 1 fully saturated rings. The first-order valence-corrected chi connectivity index (χ1v) is 7.97. The van der Waals surface area contributed by atoms with Crippen molar-refractivity contribution in [2.24, 2.45) is 5.92 Å². The third kappa shape index (κ3) is 3.15. The maximum absolute atomic E-state index is 5.99. The Bertz CT molecular complexity index is 572. The van der Waals surface area contributed by atoms with E-state index in [9.17, 15) is 0 Å². The Hall–Kier alpha value is -1.06. The first kappa shape index (κ1) is 13.9. The molecule has 2 aromatic heterocycles. The van der Waals surface area contributed by atoms with Crippen LogP contribution in [0, 0.1) is 5.92 Å². The highest BCUT2D eigenvalue weighted by Gasteiger charge is 2.19. The van der Waals surface area contributed by atoms with Crippen molar-refractivity contribution in [3.8, 4) is 0 Å². The van der Waals surface area contributed by atoms with E-state index < -0.39 is 0 Å². The largest absolute Gasteiger partial charge is 0.308 e. The second kappa shape index (κ2) is 6.15. The van der Waals surface area contributed by atoms with Crippen molar-refractivity contribution in [1.29, 1.82) is 0 Å². The molecule has 3 nitrogen and oxygen atoms in total. The summed E-state index contributed by atoms with van der Waals surface area (Å²) in [4.78, 5) is 4.61. The lowest BCUT2D eigenvalue weighted by atomic mass is 9.84. The summed E-state index contributed by atoms with van der Waals surface area (Å²) < 4.78 is 1.99. The maximum Gasteiger partial charge on any atom is 0.137 e. The van der Waals surface area contributed by atoms with Gasteiger partial charge in [-0.25, -0.2) is 4.98 Å². The minimum Gasteiger partial charge on any atom is -0.308 e. The average molecular weight is 292 g/mol. The number of hydrogen-bond acceptors (Lipinski definition) is 2. The summed E-state index contributed by atoms with van der Waals surface area (Å²) in [6, 6.07) is 4.41. The van der Waals surface area contributed by atoms with Gasteiger partial charge in [-0.1, -0.05) is 30.9 Å². The molecule has 1 aliphatic rings. The number of halogens is 1. The second-order valence-electron chi connectivity index (χ2n) is 5.91. The zero-order valence-electron chi connectivity index (χ0n) is 12.0. The number of imidazole rings is 1. The van der Waals surface area contributed by atoms with Crippen LogP contribution in [-0.4, -0.2) is 15.4 Å². The first-order chi connectivity index (χ1) is 9.72. The van der Waals surface area contributed by atoms with Crippen LogP contribution in [-0.2, 0) is 6.54 Å². The summed E-state index contributed by atoms with van der Waals surface area (Å²) >= 11 is 5.99. The van der Waals surface area contributed by atoms with Crippen molar-refractivity contribution in [2.75, 3.05) is 0 Å². The van der Waals surface area contributed by atoms with Gasteiger partial charge in [0.25, 0.3) is 0 Å². The van der Waals surface area contributed by atoms with Crippen molar-refractivity contribution >= 4 is 17.2 Å². The fraction of sp³-hybridized carbons (Fsp3) is 0.562. The van der Waals surface area contributed by atoms with Crippen LogP contribution >= 0.6 is 11.6 Å². The van der Waals surface area contributed by atoms with E-state index in [0.717, 1.165) is 28.8 Å². The van der Waals surface area contributed by atoms with E-state index in [-0.39, 0.29) is 0 Å². The molecule has 0 saturated heterocycles. The number of rotatable bonds is 4. The minimum atomic E-state index is 0.573. The van der Waals surface area contributed by atoms with Gasteiger partial charge in [-0.15, -0.1) is 0 Å². The van der Waals surface area contributed by atoms with Crippen molar-refractivity contribution in [3.05, 3.63) is 35.2 Å². The highest BCUT2D eigenvalue weighted by atomic mass is 35.5. The van der Waals surface area contributed by atoms with Crippen LogP contribution in [0.4, 0.5) is 0 Å². The predicted octanol–water partition coefficient (Wildman–Crippen LogP) is 4.05. The molecule has 0 aromatic carbocycles. The number of fused-ring (bicyclic) bond motifs is 1. The van der Waals surface area contributed by atoms with Crippen molar-refractivity contribution in [2.45, 2.75) is 51.6 Å². The first-order valence-electron chi connectivity index (χ1n) is 7.59. The van der Waals surface area contributed by atoms with Gasteiger partial charge in [-0.3, -0.25) is 0 Å². The molecular weight excluding hydrogens is 270 g/mol. The SMILES string of the molecule is CC(NCc1cn2cc(Cl)ccc2n1)C1CCCCC1. The summed E-state index contributed by atoms with van der Waals surface area (Å²) in [5, 5.41) is 4.38. The molecule has 1 unspecified atom stereocenters. The quantitative estimate of drug-likeness (QED) is 0.921. The van der Waals surface area contributed by atoms with E-state index >= 15 is 0 Å². The van der Waals surface area contributed by atoms with Gasteiger partial charge < -0.3 is 9.72 Å². The molecule has 20 heavy (non-hydrogen) atoms. The van der Waals surface area contributed by atoms with E-state index in [1.807, 2.05) is 22.7 Å². The molecule has 1 N–H and O–H groups in total. The Kier molecular flexibility index (Phi) is 4.27.